The molecule has 144 valence electrons. The van der Waals surface area contributed by atoms with E-state index in [1.807, 2.05) is 31.2 Å². The van der Waals surface area contributed by atoms with Gasteiger partial charge in [-0.1, -0.05) is 47.7 Å². The first-order valence-corrected chi connectivity index (χ1v) is 10.1. The predicted molar refractivity (Wildman–Crippen MR) is 105 cm³/mol. The van der Waals surface area contributed by atoms with Crippen LogP contribution in [0.25, 0.3) is 5.69 Å². The molecule has 0 radical (unpaired) electrons. The molecule has 0 N–H and O–H groups in total. The van der Waals surface area contributed by atoms with Gasteiger partial charge in [0.25, 0.3) is 0 Å². The number of nitrogens with zero attached hydrogens (tertiary/aromatic N) is 5. The highest BCUT2D eigenvalue weighted by atomic mass is 32.2. The number of thioether (sulfide) groups is 1. The van der Waals surface area contributed by atoms with Crippen molar-refractivity contribution in [2.45, 2.75) is 37.5 Å². The fourth-order valence-electron chi connectivity index (χ4n) is 2.94. The van der Waals surface area contributed by atoms with Crippen LogP contribution in [-0.4, -0.2) is 42.8 Å². The number of halogens is 1. The fraction of sp³-hybridized carbons (Fsp3) is 0.300. The van der Waals surface area contributed by atoms with Gasteiger partial charge in [-0.15, -0.1) is 5.10 Å². The van der Waals surface area contributed by atoms with E-state index in [1.54, 1.807) is 27.8 Å². The zero-order chi connectivity index (χ0) is 19.5. The first kappa shape index (κ1) is 18.6. The van der Waals surface area contributed by atoms with Crippen LogP contribution in [-0.2, 0) is 11.3 Å². The summed E-state index contributed by atoms with van der Waals surface area (Å²) in [6.07, 6.45) is 1.93. The second-order valence-electron chi connectivity index (χ2n) is 6.84. The van der Waals surface area contributed by atoms with E-state index in [2.05, 4.69) is 15.5 Å². The average molecular weight is 397 g/mol. The number of aryl methyl sites for hydroxylation is 1. The summed E-state index contributed by atoms with van der Waals surface area (Å²) in [6, 6.07) is 14.6. The third-order valence-corrected chi connectivity index (χ3v) is 5.55. The Labute approximate surface area is 166 Å². The molecule has 1 heterocycles. The van der Waals surface area contributed by atoms with Crippen LogP contribution in [0.4, 0.5) is 4.39 Å². The van der Waals surface area contributed by atoms with Crippen LogP contribution in [0.5, 0.6) is 0 Å². The molecular weight excluding hydrogens is 377 g/mol. The molecule has 8 heteroatoms. The molecule has 0 aliphatic heterocycles. The molecule has 4 rings (SSSR count). The summed E-state index contributed by atoms with van der Waals surface area (Å²) in [4.78, 5) is 14.6. The Hall–Kier alpha value is -2.74. The van der Waals surface area contributed by atoms with E-state index in [0.717, 1.165) is 24.1 Å². The lowest BCUT2D eigenvalue weighted by molar-refractivity contribution is -0.129. The van der Waals surface area contributed by atoms with Crippen molar-refractivity contribution in [3.05, 3.63) is 65.5 Å². The van der Waals surface area contributed by atoms with Gasteiger partial charge in [0.15, 0.2) is 0 Å². The van der Waals surface area contributed by atoms with Gasteiger partial charge in [0, 0.05) is 18.2 Å². The van der Waals surface area contributed by atoms with Crippen molar-refractivity contribution < 1.29 is 9.18 Å². The van der Waals surface area contributed by atoms with Crippen LogP contribution in [0, 0.1) is 12.7 Å². The van der Waals surface area contributed by atoms with Gasteiger partial charge in [0.2, 0.25) is 11.1 Å². The Balaban J connectivity index is 1.44. The van der Waals surface area contributed by atoms with E-state index in [0.29, 0.717) is 17.3 Å². The molecule has 0 unspecified atom stereocenters. The highest BCUT2D eigenvalue weighted by Crippen LogP contribution is 2.30. The minimum absolute atomic E-state index is 0.0331. The maximum atomic E-state index is 14.0. The molecule has 0 atom stereocenters. The quantitative estimate of drug-likeness (QED) is 0.572. The van der Waals surface area contributed by atoms with Gasteiger partial charge < -0.3 is 4.90 Å². The minimum Gasteiger partial charge on any atom is -0.335 e. The molecule has 6 nitrogen and oxygen atoms in total. The van der Waals surface area contributed by atoms with Crippen LogP contribution in [0.3, 0.4) is 0 Å². The van der Waals surface area contributed by atoms with E-state index < -0.39 is 0 Å². The first-order chi connectivity index (χ1) is 13.6. The van der Waals surface area contributed by atoms with Crippen LogP contribution in [0.2, 0.25) is 0 Å². The van der Waals surface area contributed by atoms with E-state index in [9.17, 15) is 9.18 Å². The van der Waals surface area contributed by atoms with E-state index in [1.165, 1.54) is 17.8 Å². The molecule has 1 saturated carbocycles. The normalized spacial score (nSPS) is 13.5. The van der Waals surface area contributed by atoms with Crippen molar-refractivity contribution in [2.24, 2.45) is 0 Å². The second kappa shape index (κ2) is 8.10. The summed E-state index contributed by atoms with van der Waals surface area (Å²) < 4.78 is 15.6. The summed E-state index contributed by atoms with van der Waals surface area (Å²) in [5.74, 6) is -0.108. The Bertz CT molecular complexity index is 971. The number of hydrogen-bond donors (Lipinski definition) is 0. The number of benzene rings is 2. The first-order valence-electron chi connectivity index (χ1n) is 9.13. The van der Waals surface area contributed by atoms with Gasteiger partial charge >= 0.3 is 0 Å². The number of tetrazole rings is 1. The molecule has 0 bridgehead atoms. The Morgan fingerprint density at radius 1 is 1.21 bits per heavy atom. The van der Waals surface area contributed by atoms with Crippen molar-refractivity contribution in [1.29, 1.82) is 0 Å². The molecular formula is C20H20FN5OS. The Morgan fingerprint density at radius 3 is 2.68 bits per heavy atom. The van der Waals surface area contributed by atoms with Gasteiger partial charge in [-0.05, 0) is 48.4 Å². The summed E-state index contributed by atoms with van der Waals surface area (Å²) >= 11 is 1.29. The van der Waals surface area contributed by atoms with Gasteiger partial charge in [0.05, 0.1) is 11.4 Å². The fourth-order valence-corrected chi connectivity index (χ4v) is 3.72. The highest BCUT2D eigenvalue weighted by Gasteiger charge is 2.33. The highest BCUT2D eigenvalue weighted by molar-refractivity contribution is 7.99. The molecule has 3 aromatic rings. The molecule has 1 fully saturated rings. The minimum atomic E-state index is -0.281. The second-order valence-corrected chi connectivity index (χ2v) is 7.78. The van der Waals surface area contributed by atoms with Crippen molar-refractivity contribution in [3.63, 3.8) is 0 Å². The SMILES string of the molecule is Cc1ccc(-n2nnnc2SCC(=O)N(Cc2ccccc2F)C2CC2)cc1. The summed E-state index contributed by atoms with van der Waals surface area (Å²) in [7, 11) is 0. The Kier molecular flexibility index (Phi) is 5.38. The number of aromatic nitrogens is 4. The van der Waals surface area contributed by atoms with Crippen LogP contribution in [0.1, 0.15) is 24.0 Å². The third kappa shape index (κ3) is 4.22. The van der Waals surface area contributed by atoms with Crippen molar-refractivity contribution in [2.75, 3.05) is 5.75 Å². The van der Waals surface area contributed by atoms with Crippen molar-refractivity contribution in [1.82, 2.24) is 25.1 Å². The number of amides is 1. The lowest BCUT2D eigenvalue weighted by atomic mass is 10.2. The summed E-state index contributed by atoms with van der Waals surface area (Å²) in [5.41, 5.74) is 2.53. The van der Waals surface area contributed by atoms with Crippen molar-refractivity contribution in [3.8, 4) is 5.69 Å². The zero-order valence-electron chi connectivity index (χ0n) is 15.5. The van der Waals surface area contributed by atoms with Crippen LogP contribution < -0.4 is 0 Å². The smallest absolute Gasteiger partial charge is 0.233 e. The van der Waals surface area contributed by atoms with E-state index in [-0.39, 0.29) is 23.5 Å². The monoisotopic (exact) mass is 397 g/mol. The molecule has 1 aromatic heterocycles. The number of carbonyl (C=O) groups is 1. The van der Waals surface area contributed by atoms with Crippen LogP contribution >= 0.6 is 11.8 Å². The molecule has 2 aromatic carbocycles. The van der Waals surface area contributed by atoms with Gasteiger partial charge in [0.1, 0.15) is 5.82 Å². The van der Waals surface area contributed by atoms with Gasteiger partial charge in [-0.2, -0.15) is 4.68 Å². The number of carbonyl (C=O) groups excluding carboxylic acids is 1. The zero-order valence-corrected chi connectivity index (χ0v) is 16.3. The maximum absolute atomic E-state index is 14.0. The number of hydrogen-bond acceptors (Lipinski definition) is 5. The summed E-state index contributed by atoms with van der Waals surface area (Å²) in [6.45, 7) is 2.30. The van der Waals surface area contributed by atoms with Gasteiger partial charge in [-0.3, -0.25) is 4.79 Å². The number of rotatable bonds is 7. The van der Waals surface area contributed by atoms with E-state index >= 15 is 0 Å². The Morgan fingerprint density at radius 2 is 1.96 bits per heavy atom. The van der Waals surface area contributed by atoms with Gasteiger partial charge in [-0.25, -0.2) is 4.39 Å². The molecule has 1 aliphatic carbocycles. The molecule has 0 saturated heterocycles. The molecule has 1 amide bonds. The predicted octanol–water partition coefficient (Wildman–Crippen LogP) is 3.39. The average Bonchev–Trinajstić information content (AvgIpc) is 3.43. The standard InChI is InChI=1S/C20H20FN5OS/c1-14-6-8-17(9-7-14)26-20(22-23-24-26)28-13-19(27)25(16-10-11-16)12-15-4-2-3-5-18(15)21/h2-9,16H,10-13H2,1H3. The summed E-state index contributed by atoms with van der Waals surface area (Å²) in [5, 5.41) is 12.4. The third-order valence-electron chi connectivity index (χ3n) is 4.65. The lowest BCUT2D eigenvalue weighted by Gasteiger charge is -2.22. The largest absolute Gasteiger partial charge is 0.335 e. The topological polar surface area (TPSA) is 63.9 Å². The van der Waals surface area contributed by atoms with Crippen molar-refractivity contribution >= 4 is 17.7 Å². The molecule has 28 heavy (non-hydrogen) atoms. The molecule has 0 spiro atoms. The lowest BCUT2D eigenvalue weighted by Crippen LogP contribution is -2.34. The van der Waals surface area contributed by atoms with Crippen LogP contribution in [0.15, 0.2) is 53.7 Å². The van der Waals surface area contributed by atoms with E-state index in [4.69, 9.17) is 0 Å². The maximum Gasteiger partial charge on any atom is 0.233 e. The molecule has 1 aliphatic rings.